The number of tetrazole rings is 1. The zero-order chi connectivity index (χ0) is 21.4. The van der Waals surface area contributed by atoms with Crippen LogP contribution in [0.1, 0.15) is 61.6 Å². The lowest BCUT2D eigenvalue weighted by Crippen LogP contribution is -2.47. The number of nitrogens with one attached hydrogen (secondary N) is 1. The highest BCUT2D eigenvalue weighted by Crippen LogP contribution is 2.34. The van der Waals surface area contributed by atoms with E-state index in [1.807, 2.05) is 10.7 Å². The van der Waals surface area contributed by atoms with E-state index in [1.54, 1.807) is 0 Å². The summed E-state index contributed by atoms with van der Waals surface area (Å²) in [7, 11) is 2.14. The fourth-order valence-corrected chi connectivity index (χ4v) is 5.06. The molecule has 0 bridgehead atoms. The lowest BCUT2D eigenvalue weighted by molar-refractivity contribution is 0.120. The van der Waals surface area contributed by atoms with E-state index in [-0.39, 0.29) is 11.6 Å². The molecule has 1 aromatic carbocycles. The van der Waals surface area contributed by atoms with E-state index in [0.29, 0.717) is 6.04 Å². The number of rotatable bonds is 5. The molecule has 164 valence electrons. The first kappa shape index (κ1) is 20.3. The summed E-state index contributed by atoms with van der Waals surface area (Å²) in [6, 6.07) is 8.40. The van der Waals surface area contributed by atoms with Crippen molar-refractivity contribution in [2.45, 2.75) is 51.1 Å². The number of H-pyrrole nitrogens is 1. The van der Waals surface area contributed by atoms with Crippen LogP contribution in [0.15, 0.2) is 29.1 Å². The number of piperazine rings is 1. The Bertz CT molecular complexity index is 1110. The van der Waals surface area contributed by atoms with E-state index < -0.39 is 0 Å². The third-order valence-corrected chi connectivity index (χ3v) is 6.98. The van der Waals surface area contributed by atoms with Gasteiger partial charge in [0.2, 0.25) is 0 Å². The molecule has 1 saturated carbocycles. The van der Waals surface area contributed by atoms with Crippen molar-refractivity contribution >= 4 is 10.9 Å². The van der Waals surface area contributed by atoms with Crippen molar-refractivity contribution in [1.29, 1.82) is 0 Å². The summed E-state index contributed by atoms with van der Waals surface area (Å²) in [4.78, 5) is 21.1. The molecule has 8 heteroatoms. The molecule has 3 heterocycles. The average molecular weight is 422 g/mol. The Balaban J connectivity index is 1.63. The Morgan fingerprint density at radius 3 is 2.65 bits per heavy atom. The third-order valence-electron chi connectivity index (χ3n) is 6.98. The van der Waals surface area contributed by atoms with Gasteiger partial charge in [-0.05, 0) is 65.9 Å². The van der Waals surface area contributed by atoms with Crippen molar-refractivity contribution < 1.29 is 0 Å². The molecule has 0 spiro atoms. The first-order chi connectivity index (χ1) is 15.1. The van der Waals surface area contributed by atoms with Crippen molar-refractivity contribution in [2.24, 2.45) is 0 Å². The van der Waals surface area contributed by atoms with Gasteiger partial charge in [-0.2, -0.15) is 0 Å². The molecule has 2 aromatic heterocycles. The number of hydrogen-bond acceptors (Lipinski definition) is 6. The molecule has 1 aliphatic heterocycles. The first-order valence-electron chi connectivity index (χ1n) is 11.5. The third kappa shape index (κ3) is 3.90. The van der Waals surface area contributed by atoms with Gasteiger partial charge in [0.25, 0.3) is 5.56 Å². The first-order valence-corrected chi connectivity index (χ1v) is 11.5. The van der Waals surface area contributed by atoms with E-state index in [9.17, 15) is 4.79 Å². The van der Waals surface area contributed by atoms with Gasteiger partial charge in [-0.1, -0.05) is 25.8 Å². The van der Waals surface area contributed by atoms with E-state index in [4.69, 9.17) is 0 Å². The SMILES string of the molecule is CCc1ccc2[nH]c(=O)c([C@@H](c3nnnn3C3CCCC3)N3CCN(C)CC3)cc2c1. The fraction of sp³-hybridized carbons (Fsp3) is 0.565. The summed E-state index contributed by atoms with van der Waals surface area (Å²) in [5.41, 5.74) is 2.82. The van der Waals surface area contributed by atoms with Crippen LogP contribution in [0.25, 0.3) is 10.9 Å². The van der Waals surface area contributed by atoms with Crippen LogP contribution in [0.3, 0.4) is 0 Å². The molecule has 1 N–H and O–H groups in total. The summed E-state index contributed by atoms with van der Waals surface area (Å²) in [5, 5.41) is 14.0. The molecule has 0 amide bonds. The van der Waals surface area contributed by atoms with Crippen molar-refractivity contribution in [2.75, 3.05) is 33.2 Å². The Hall–Kier alpha value is -2.58. The predicted octanol–water partition coefficient (Wildman–Crippen LogP) is 2.53. The molecular weight excluding hydrogens is 390 g/mol. The maximum absolute atomic E-state index is 13.3. The molecule has 1 aliphatic carbocycles. The van der Waals surface area contributed by atoms with Gasteiger partial charge in [-0.15, -0.1) is 5.10 Å². The second kappa shape index (κ2) is 8.51. The topological polar surface area (TPSA) is 82.9 Å². The van der Waals surface area contributed by atoms with Gasteiger partial charge < -0.3 is 9.88 Å². The minimum absolute atomic E-state index is 0.0540. The Labute approximate surface area is 182 Å². The van der Waals surface area contributed by atoms with Gasteiger partial charge in [0, 0.05) is 37.3 Å². The standard InChI is InChI=1S/C23H31N7O/c1-3-16-8-9-20-17(14-16)15-19(23(31)24-20)21(29-12-10-28(2)11-13-29)22-25-26-27-30(22)18-6-4-5-7-18/h8-9,14-15,18,21H,3-7,10-13H2,1-2H3,(H,24,31)/t21-/m0/s1. The summed E-state index contributed by atoms with van der Waals surface area (Å²) in [5.74, 6) is 0.799. The van der Waals surface area contributed by atoms with Crippen molar-refractivity contribution in [3.05, 3.63) is 51.6 Å². The number of aromatic amines is 1. The van der Waals surface area contributed by atoms with Crippen LogP contribution < -0.4 is 5.56 Å². The molecule has 3 aromatic rings. The number of pyridine rings is 1. The second-order valence-electron chi connectivity index (χ2n) is 8.99. The summed E-state index contributed by atoms with van der Waals surface area (Å²) in [6.45, 7) is 5.84. The van der Waals surface area contributed by atoms with Crippen molar-refractivity contribution in [3.63, 3.8) is 0 Å². The highest BCUT2D eigenvalue weighted by atomic mass is 16.1. The normalized spacial score (nSPS) is 19.9. The second-order valence-corrected chi connectivity index (χ2v) is 8.99. The van der Waals surface area contributed by atoms with Gasteiger partial charge in [-0.25, -0.2) is 4.68 Å². The maximum Gasteiger partial charge on any atom is 0.253 e. The quantitative estimate of drug-likeness (QED) is 0.682. The number of aryl methyl sites for hydroxylation is 1. The lowest BCUT2D eigenvalue weighted by Gasteiger charge is -2.37. The maximum atomic E-state index is 13.3. The minimum atomic E-state index is -0.247. The largest absolute Gasteiger partial charge is 0.322 e. The number of fused-ring (bicyclic) bond motifs is 1. The van der Waals surface area contributed by atoms with Gasteiger partial charge in [-0.3, -0.25) is 9.69 Å². The minimum Gasteiger partial charge on any atom is -0.322 e. The molecule has 0 radical (unpaired) electrons. The number of benzene rings is 1. The van der Waals surface area contributed by atoms with Crippen LogP contribution in [0.2, 0.25) is 0 Å². The molecule has 1 saturated heterocycles. The smallest absolute Gasteiger partial charge is 0.253 e. The van der Waals surface area contributed by atoms with Crippen LogP contribution in [-0.4, -0.2) is 68.2 Å². The van der Waals surface area contributed by atoms with Gasteiger partial charge in [0.15, 0.2) is 5.82 Å². The Morgan fingerprint density at radius 2 is 1.90 bits per heavy atom. The number of nitrogens with zero attached hydrogens (tertiary/aromatic N) is 6. The van der Waals surface area contributed by atoms with Crippen LogP contribution in [0.5, 0.6) is 0 Å². The monoisotopic (exact) mass is 421 g/mol. The van der Waals surface area contributed by atoms with Crippen molar-refractivity contribution in [3.8, 4) is 0 Å². The summed E-state index contributed by atoms with van der Waals surface area (Å²) in [6.07, 6.45) is 5.58. The van der Waals surface area contributed by atoms with E-state index in [0.717, 1.165) is 67.7 Å². The van der Waals surface area contributed by atoms with Gasteiger partial charge in [0.1, 0.15) is 6.04 Å². The van der Waals surface area contributed by atoms with Crippen LogP contribution in [-0.2, 0) is 6.42 Å². The van der Waals surface area contributed by atoms with E-state index in [2.05, 4.69) is 62.5 Å². The molecule has 2 aliphatic rings. The molecule has 5 rings (SSSR count). The number of likely N-dealkylation sites (N-methyl/N-ethyl adjacent to an activating group) is 1. The highest BCUT2D eigenvalue weighted by Gasteiger charge is 2.34. The van der Waals surface area contributed by atoms with E-state index in [1.165, 1.54) is 18.4 Å². The molecule has 1 atom stereocenters. The van der Waals surface area contributed by atoms with Gasteiger partial charge in [0.05, 0.1) is 6.04 Å². The van der Waals surface area contributed by atoms with Crippen LogP contribution >= 0.6 is 0 Å². The zero-order valence-corrected chi connectivity index (χ0v) is 18.4. The van der Waals surface area contributed by atoms with Crippen LogP contribution in [0, 0.1) is 0 Å². The summed E-state index contributed by atoms with van der Waals surface area (Å²) < 4.78 is 2.00. The molecule has 2 fully saturated rings. The lowest BCUT2D eigenvalue weighted by atomic mass is 10.0. The van der Waals surface area contributed by atoms with Gasteiger partial charge >= 0.3 is 0 Å². The molecule has 0 unspecified atom stereocenters. The summed E-state index contributed by atoms with van der Waals surface area (Å²) >= 11 is 0. The number of aromatic nitrogens is 5. The predicted molar refractivity (Wildman–Crippen MR) is 120 cm³/mol. The van der Waals surface area contributed by atoms with Crippen LogP contribution in [0.4, 0.5) is 0 Å². The average Bonchev–Trinajstić information content (AvgIpc) is 3.47. The zero-order valence-electron chi connectivity index (χ0n) is 18.4. The van der Waals surface area contributed by atoms with Crippen molar-refractivity contribution in [1.82, 2.24) is 35.0 Å². The van der Waals surface area contributed by atoms with E-state index >= 15 is 0 Å². The molecule has 31 heavy (non-hydrogen) atoms. The molecule has 8 nitrogen and oxygen atoms in total. The molecular formula is C23H31N7O. The highest BCUT2D eigenvalue weighted by molar-refractivity contribution is 5.80. The Kier molecular flexibility index (Phi) is 5.58. The Morgan fingerprint density at radius 1 is 1.13 bits per heavy atom. The fourth-order valence-electron chi connectivity index (χ4n) is 5.06. The number of hydrogen-bond donors (Lipinski definition) is 1.